The molecule has 1 fully saturated rings. The maximum atomic E-state index is 13.3. The van der Waals surface area contributed by atoms with Crippen molar-refractivity contribution in [1.82, 2.24) is 5.32 Å². The normalized spacial score (nSPS) is 13.9. The van der Waals surface area contributed by atoms with Gasteiger partial charge in [0, 0.05) is 12.6 Å². The molecule has 38 heavy (non-hydrogen) atoms. The molecule has 4 rings (SSSR count). The summed E-state index contributed by atoms with van der Waals surface area (Å²) in [7, 11) is -3.64. The summed E-state index contributed by atoms with van der Waals surface area (Å²) in [4.78, 5) is 36.4. The number of halogens is 4. The molecule has 1 aliphatic rings. The second-order valence-corrected chi connectivity index (χ2v) is 11.4. The number of alkyl halides is 3. The Morgan fingerprint density at radius 1 is 1.13 bits per heavy atom. The molecule has 0 saturated heterocycles. The van der Waals surface area contributed by atoms with Gasteiger partial charge in [-0.1, -0.05) is 17.7 Å². The lowest BCUT2D eigenvalue weighted by Crippen LogP contribution is -2.36. The van der Waals surface area contributed by atoms with Crippen LogP contribution in [0.1, 0.15) is 24.8 Å². The summed E-state index contributed by atoms with van der Waals surface area (Å²) >= 11 is 6.13. The third-order valence-corrected chi connectivity index (χ3v) is 8.21. The standard InChI is InChI=1S/C25H21ClF3NO7S/c26-18-4-1-3-16-19(31)12-22(37-23(16)18)17-8-5-14(25(27,28)29)11-21(17)36-10-2-9-30-24(33)20(32)13-38(34,35)15-6-7-15/h1,3-5,8,11-12,15H,2,6-7,9-10,13H2,(H,30,33). The van der Waals surface area contributed by atoms with E-state index in [0.29, 0.717) is 12.8 Å². The molecule has 0 atom stereocenters. The highest BCUT2D eigenvalue weighted by molar-refractivity contribution is 7.93. The molecule has 0 unspecified atom stereocenters. The van der Waals surface area contributed by atoms with Gasteiger partial charge in [-0.15, -0.1) is 0 Å². The Labute approximate surface area is 219 Å². The number of ether oxygens (including phenoxy) is 1. The fourth-order valence-electron chi connectivity index (χ4n) is 3.65. The largest absolute Gasteiger partial charge is 0.493 e. The molecule has 0 radical (unpaired) electrons. The third kappa shape index (κ3) is 6.36. The molecule has 13 heteroatoms. The Bertz CT molecular complexity index is 1560. The first-order chi connectivity index (χ1) is 17.9. The van der Waals surface area contributed by atoms with Gasteiger partial charge in [0.2, 0.25) is 5.78 Å². The van der Waals surface area contributed by atoms with Crippen molar-refractivity contribution in [3.8, 4) is 17.1 Å². The van der Waals surface area contributed by atoms with Gasteiger partial charge in [0.15, 0.2) is 20.8 Å². The van der Waals surface area contributed by atoms with Crippen LogP contribution in [-0.2, 0) is 25.6 Å². The number of benzene rings is 2. The number of ketones is 1. The van der Waals surface area contributed by atoms with Gasteiger partial charge >= 0.3 is 6.18 Å². The molecule has 1 aliphatic carbocycles. The van der Waals surface area contributed by atoms with Crippen molar-refractivity contribution in [2.75, 3.05) is 18.9 Å². The molecule has 0 aliphatic heterocycles. The van der Waals surface area contributed by atoms with E-state index < -0.39 is 49.7 Å². The number of hydrogen-bond acceptors (Lipinski definition) is 7. The Balaban J connectivity index is 1.46. The quantitative estimate of drug-likeness (QED) is 0.286. The van der Waals surface area contributed by atoms with Crippen LogP contribution in [0.2, 0.25) is 5.02 Å². The van der Waals surface area contributed by atoms with Crippen LogP contribution in [0.4, 0.5) is 13.2 Å². The second-order valence-electron chi connectivity index (χ2n) is 8.69. The minimum atomic E-state index is -4.67. The maximum Gasteiger partial charge on any atom is 0.416 e. The molecule has 1 heterocycles. The molecule has 1 N–H and O–H groups in total. The monoisotopic (exact) mass is 571 g/mol. The Morgan fingerprint density at radius 2 is 1.87 bits per heavy atom. The SMILES string of the molecule is O=C(CS(=O)(=O)C1CC1)C(=O)NCCCOc1cc(C(F)(F)F)ccc1-c1cc(=O)c2cccc(Cl)c2o1. The average Bonchev–Trinajstić information content (AvgIpc) is 3.70. The van der Waals surface area contributed by atoms with E-state index in [-0.39, 0.29) is 52.6 Å². The number of para-hydroxylation sites is 1. The van der Waals surface area contributed by atoms with Gasteiger partial charge in [0.1, 0.15) is 17.3 Å². The number of nitrogens with one attached hydrogen (secondary N) is 1. The van der Waals surface area contributed by atoms with Gasteiger partial charge in [0.05, 0.1) is 33.4 Å². The second kappa shape index (κ2) is 10.8. The molecule has 1 saturated carbocycles. The van der Waals surface area contributed by atoms with E-state index in [4.69, 9.17) is 20.8 Å². The topological polar surface area (TPSA) is 120 Å². The van der Waals surface area contributed by atoms with E-state index in [1.54, 1.807) is 6.07 Å². The van der Waals surface area contributed by atoms with Crippen LogP contribution in [-0.4, -0.2) is 44.3 Å². The first kappa shape index (κ1) is 27.6. The van der Waals surface area contributed by atoms with Gasteiger partial charge in [-0.3, -0.25) is 14.4 Å². The van der Waals surface area contributed by atoms with Crippen molar-refractivity contribution in [2.45, 2.75) is 30.7 Å². The smallest absolute Gasteiger partial charge is 0.416 e. The zero-order valence-corrected chi connectivity index (χ0v) is 21.2. The van der Waals surface area contributed by atoms with Crippen molar-refractivity contribution >= 4 is 44.1 Å². The zero-order valence-electron chi connectivity index (χ0n) is 19.6. The van der Waals surface area contributed by atoms with Gasteiger partial charge in [-0.25, -0.2) is 8.42 Å². The molecule has 8 nitrogen and oxygen atoms in total. The highest BCUT2D eigenvalue weighted by Crippen LogP contribution is 2.38. The fraction of sp³-hybridized carbons (Fsp3) is 0.320. The Morgan fingerprint density at radius 3 is 2.55 bits per heavy atom. The van der Waals surface area contributed by atoms with Crippen molar-refractivity contribution in [3.63, 3.8) is 0 Å². The van der Waals surface area contributed by atoms with E-state index in [1.807, 2.05) is 0 Å². The summed E-state index contributed by atoms with van der Waals surface area (Å²) < 4.78 is 75.0. The van der Waals surface area contributed by atoms with Gasteiger partial charge in [0.25, 0.3) is 5.91 Å². The molecule has 0 bridgehead atoms. The number of hydrogen-bond donors (Lipinski definition) is 1. The summed E-state index contributed by atoms with van der Waals surface area (Å²) in [5.74, 6) is -3.30. The van der Waals surface area contributed by atoms with Crippen molar-refractivity contribution in [1.29, 1.82) is 0 Å². The first-order valence-electron chi connectivity index (χ1n) is 11.5. The number of rotatable bonds is 10. The third-order valence-electron chi connectivity index (χ3n) is 5.76. The average molecular weight is 572 g/mol. The van der Waals surface area contributed by atoms with Crippen molar-refractivity contribution < 1.29 is 40.3 Å². The zero-order chi connectivity index (χ0) is 27.7. The molecular formula is C25H21ClF3NO7S. The molecule has 1 amide bonds. The van der Waals surface area contributed by atoms with Crippen LogP contribution >= 0.6 is 11.6 Å². The number of amides is 1. The minimum absolute atomic E-state index is 0.0601. The Kier molecular flexibility index (Phi) is 7.84. The molecule has 202 valence electrons. The lowest BCUT2D eigenvalue weighted by Gasteiger charge is -2.15. The fourth-order valence-corrected chi connectivity index (χ4v) is 5.44. The van der Waals surface area contributed by atoms with Gasteiger partial charge in [-0.05, 0) is 49.6 Å². The lowest BCUT2D eigenvalue weighted by atomic mass is 10.1. The number of fused-ring (bicyclic) bond motifs is 1. The Hall–Kier alpha value is -3.38. The van der Waals surface area contributed by atoms with E-state index in [1.165, 1.54) is 12.1 Å². The van der Waals surface area contributed by atoms with Gasteiger partial charge in [-0.2, -0.15) is 13.2 Å². The highest BCUT2D eigenvalue weighted by Gasteiger charge is 2.38. The van der Waals surface area contributed by atoms with Crippen molar-refractivity contribution in [2.24, 2.45) is 0 Å². The molecular weight excluding hydrogens is 551 g/mol. The summed E-state index contributed by atoms with van der Waals surface area (Å²) in [5, 5.41) is 2.05. The number of carbonyl (C=O) groups excluding carboxylic acids is 2. The van der Waals surface area contributed by atoms with E-state index >= 15 is 0 Å². The van der Waals surface area contributed by atoms with E-state index in [2.05, 4.69) is 5.32 Å². The minimum Gasteiger partial charge on any atom is -0.493 e. The van der Waals surface area contributed by atoms with Crippen LogP contribution in [0.15, 0.2) is 51.7 Å². The van der Waals surface area contributed by atoms with Crippen LogP contribution in [0.3, 0.4) is 0 Å². The van der Waals surface area contributed by atoms with E-state index in [0.717, 1.165) is 24.3 Å². The van der Waals surface area contributed by atoms with Crippen molar-refractivity contribution in [3.05, 3.63) is 63.3 Å². The predicted molar refractivity (Wildman–Crippen MR) is 133 cm³/mol. The lowest BCUT2D eigenvalue weighted by molar-refractivity contribution is -0.137. The molecule has 3 aromatic rings. The maximum absolute atomic E-state index is 13.3. The summed E-state index contributed by atoms with van der Waals surface area (Å²) in [6.45, 7) is -0.273. The first-order valence-corrected chi connectivity index (χ1v) is 13.6. The number of sulfone groups is 1. The molecule has 0 spiro atoms. The highest BCUT2D eigenvalue weighted by atomic mass is 35.5. The molecule has 1 aromatic heterocycles. The summed E-state index contributed by atoms with van der Waals surface area (Å²) in [5.41, 5.74) is -1.31. The number of carbonyl (C=O) groups is 2. The van der Waals surface area contributed by atoms with Crippen LogP contribution in [0, 0.1) is 0 Å². The van der Waals surface area contributed by atoms with Crippen LogP contribution < -0.4 is 15.5 Å². The summed E-state index contributed by atoms with van der Waals surface area (Å²) in [6, 6.07) is 8.38. The van der Waals surface area contributed by atoms with Gasteiger partial charge < -0.3 is 14.5 Å². The summed E-state index contributed by atoms with van der Waals surface area (Å²) in [6.07, 6.45) is -3.64. The number of Topliss-reactive ketones (excluding diaryl/α,β-unsaturated/α-hetero) is 1. The predicted octanol–water partition coefficient (Wildman–Crippen LogP) is 4.16. The molecule has 2 aromatic carbocycles. The van der Waals surface area contributed by atoms with E-state index in [9.17, 15) is 36.0 Å². The van der Waals surface area contributed by atoms with Crippen LogP contribution in [0.25, 0.3) is 22.3 Å². The van der Waals surface area contributed by atoms with Crippen LogP contribution in [0.5, 0.6) is 5.75 Å².